The lowest BCUT2D eigenvalue weighted by Gasteiger charge is -2.36. The summed E-state index contributed by atoms with van der Waals surface area (Å²) < 4.78 is 26.8. The number of nitrogens with one attached hydrogen (secondary N) is 1. The topological polar surface area (TPSA) is 88.3 Å². The minimum atomic E-state index is -2.64. The number of nitriles is 1. The minimum Gasteiger partial charge on any atom is -0.395 e. The second-order valence-electron chi connectivity index (χ2n) is 5.66. The molecule has 124 valence electrons. The standard InChI is InChI=1S/C14H18F2N6O/c15-14(16)1-4-21(5-2-14)12-11-13(20-10(9-17)19-12)22(7-8-23)6-3-18-11/h18,23H,1-8H2. The van der Waals surface area contributed by atoms with E-state index in [4.69, 9.17) is 5.26 Å². The number of piperidine rings is 1. The molecule has 0 unspecified atom stereocenters. The van der Waals surface area contributed by atoms with Crippen molar-refractivity contribution in [2.24, 2.45) is 0 Å². The summed E-state index contributed by atoms with van der Waals surface area (Å²) in [6, 6.07) is 1.92. The molecule has 0 saturated carbocycles. The Morgan fingerprint density at radius 1 is 1.22 bits per heavy atom. The first-order chi connectivity index (χ1) is 11.0. The van der Waals surface area contributed by atoms with Crippen LogP contribution in [-0.4, -0.2) is 60.3 Å². The molecular weight excluding hydrogens is 306 g/mol. The van der Waals surface area contributed by atoms with E-state index in [1.807, 2.05) is 11.0 Å². The predicted molar refractivity (Wildman–Crippen MR) is 80.9 cm³/mol. The summed E-state index contributed by atoms with van der Waals surface area (Å²) in [5.74, 6) is -1.60. The molecule has 3 heterocycles. The van der Waals surface area contributed by atoms with E-state index in [0.29, 0.717) is 37.0 Å². The molecule has 1 aromatic heterocycles. The van der Waals surface area contributed by atoms with Crippen LogP contribution in [0.3, 0.4) is 0 Å². The zero-order valence-electron chi connectivity index (χ0n) is 12.6. The van der Waals surface area contributed by atoms with Crippen molar-refractivity contribution < 1.29 is 13.9 Å². The largest absolute Gasteiger partial charge is 0.395 e. The second kappa shape index (κ2) is 6.12. The Morgan fingerprint density at radius 2 is 1.91 bits per heavy atom. The van der Waals surface area contributed by atoms with E-state index in [2.05, 4.69) is 15.3 Å². The number of anilines is 3. The SMILES string of the molecule is N#Cc1nc2c(c(N3CCC(F)(F)CC3)n1)NCCN2CCO. The van der Waals surface area contributed by atoms with Gasteiger partial charge in [-0.2, -0.15) is 15.2 Å². The van der Waals surface area contributed by atoms with Crippen LogP contribution in [0.15, 0.2) is 0 Å². The third-order valence-electron chi connectivity index (χ3n) is 4.12. The first-order valence-electron chi connectivity index (χ1n) is 7.59. The molecule has 2 aliphatic rings. The molecule has 0 aromatic carbocycles. The van der Waals surface area contributed by atoms with E-state index in [-0.39, 0.29) is 38.4 Å². The van der Waals surface area contributed by atoms with Gasteiger partial charge in [-0.1, -0.05) is 0 Å². The quantitative estimate of drug-likeness (QED) is 0.850. The van der Waals surface area contributed by atoms with Gasteiger partial charge in [0.15, 0.2) is 11.6 Å². The van der Waals surface area contributed by atoms with Gasteiger partial charge in [0.1, 0.15) is 11.8 Å². The number of alkyl halides is 2. The van der Waals surface area contributed by atoms with Crippen molar-refractivity contribution in [1.29, 1.82) is 5.26 Å². The average Bonchev–Trinajstić information content (AvgIpc) is 2.55. The lowest BCUT2D eigenvalue weighted by Crippen LogP contribution is -2.42. The number of aliphatic hydroxyl groups excluding tert-OH is 1. The molecule has 9 heteroatoms. The van der Waals surface area contributed by atoms with Gasteiger partial charge in [-0.05, 0) is 0 Å². The Labute approximate surface area is 132 Å². The van der Waals surface area contributed by atoms with Gasteiger partial charge in [-0.25, -0.2) is 8.78 Å². The van der Waals surface area contributed by atoms with Gasteiger partial charge < -0.3 is 20.2 Å². The van der Waals surface area contributed by atoms with E-state index in [9.17, 15) is 13.9 Å². The lowest BCUT2D eigenvalue weighted by atomic mass is 10.1. The molecule has 0 bridgehead atoms. The number of rotatable bonds is 3. The summed E-state index contributed by atoms with van der Waals surface area (Å²) in [5, 5.41) is 21.5. The van der Waals surface area contributed by atoms with Gasteiger partial charge in [0.2, 0.25) is 5.82 Å². The van der Waals surface area contributed by atoms with Crippen molar-refractivity contribution >= 4 is 17.3 Å². The number of halogens is 2. The molecule has 23 heavy (non-hydrogen) atoms. The summed E-state index contributed by atoms with van der Waals surface area (Å²) >= 11 is 0. The molecule has 0 radical (unpaired) electrons. The highest BCUT2D eigenvalue weighted by molar-refractivity contribution is 5.80. The molecule has 0 aliphatic carbocycles. The number of β-amino-alcohol motifs (C(OH)–C–C–N with tert-alkyl or cyclic N) is 1. The van der Waals surface area contributed by atoms with E-state index in [0.717, 1.165) is 0 Å². The number of nitrogens with zero attached hydrogens (tertiary/aromatic N) is 5. The number of hydrogen-bond donors (Lipinski definition) is 2. The lowest BCUT2D eigenvalue weighted by molar-refractivity contribution is -0.0221. The Kier molecular flexibility index (Phi) is 4.17. The van der Waals surface area contributed by atoms with Gasteiger partial charge in [0.25, 0.3) is 5.92 Å². The molecule has 0 spiro atoms. The van der Waals surface area contributed by atoms with Crippen LogP contribution in [-0.2, 0) is 0 Å². The highest BCUT2D eigenvalue weighted by atomic mass is 19.3. The normalized spacial score (nSPS) is 19.7. The first kappa shape index (κ1) is 15.7. The smallest absolute Gasteiger partial charge is 0.251 e. The Balaban J connectivity index is 1.97. The van der Waals surface area contributed by atoms with Gasteiger partial charge in [0.05, 0.1) is 6.61 Å². The molecule has 0 amide bonds. The monoisotopic (exact) mass is 324 g/mol. The number of fused-ring (bicyclic) bond motifs is 1. The highest BCUT2D eigenvalue weighted by Crippen LogP contribution is 2.38. The first-order valence-corrected chi connectivity index (χ1v) is 7.59. The zero-order chi connectivity index (χ0) is 16.4. The van der Waals surface area contributed by atoms with Gasteiger partial charge in [-0.15, -0.1) is 0 Å². The Hall–Kier alpha value is -2.21. The van der Waals surface area contributed by atoms with Crippen LogP contribution in [0, 0.1) is 11.3 Å². The highest BCUT2D eigenvalue weighted by Gasteiger charge is 2.36. The molecule has 1 saturated heterocycles. The fraction of sp³-hybridized carbons (Fsp3) is 0.643. The van der Waals surface area contributed by atoms with Crippen molar-refractivity contribution in [3.05, 3.63) is 5.82 Å². The summed E-state index contributed by atoms with van der Waals surface area (Å²) in [7, 11) is 0. The van der Waals surface area contributed by atoms with Crippen molar-refractivity contribution in [2.75, 3.05) is 54.4 Å². The predicted octanol–water partition coefficient (Wildman–Crippen LogP) is 0.808. The molecule has 7 nitrogen and oxygen atoms in total. The van der Waals surface area contributed by atoms with Gasteiger partial charge >= 0.3 is 0 Å². The van der Waals surface area contributed by atoms with Crippen LogP contribution in [0.25, 0.3) is 0 Å². The van der Waals surface area contributed by atoms with Crippen molar-refractivity contribution in [1.82, 2.24) is 9.97 Å². The van der Waals surface area contributed by atoms with Crippen LogP contribution in [0.4, 0.5) is 26.1 Å². The maximum Gasteiger partial charge on any atom is 0.251 e. The third kappa shape index (κ3) is 3.12. The van der Waals surface area contributed by atoms with Crippen LogP contribution >= 0.6 is 0 Å². The summed E-state index contributed by atoms with van der Waals surface area (Å²) in [4.78, 5) is 12.1. The van der Waals surface area contributed by atoms with Crippen LogP contribution in [0.5, 0.6) is 0 Å². The van der Waals surface area contributed by atoms with Crippen LogP contribution < -0.4 is 15.1 Å². The molecule has 1 aromatic rings. The summed E-state index contributed by atoms with van der Waals surface area (Å²) in [6.07, 6.45) is -0.456. The van der Waals surface area contributed by atoms with Crippen LogP contribution in [0.1, 0.15) is 18.7 Å². The van der Waals surface area contributed by atoms with E-state index >= 15 is 0 Å². The number of hydrogen-bond acceptors (Lipinski definition) is 7. The van der Waals surface area contributed by atoms with Crippen molar-refractivity contribution in [2.45, 2.75) is 18.8 Å². The second-order valence-corrected chi connectivity index (χ2v) is 5.66. The molecule has 0 atom stereocenters. The van der Waals surface area contributed by atoms with E-state index in [1.54, 1.807) is 4.90 Å². The summed E-state index contributed by atoms with van der Waals surface area (Å²) in [5.41, 5.74) is 0.647. The third-order valence-corrected chi connectivity index (χ3v) is 4.12. The number of aliphatic hydroxyl groups is 1. The average molecular weight is 324 g/mol. The number of aromatic nitrogens is 2. The molecule has 2 aliphatic heterocycles. The van der Waals surface area contributed by atoms with Crippen LogP contribution in [0.2, 0.25) is 0 Å². The van der Waals surface area contributed by atoms with Gasteiger partial charge in [-0.3, -0.25) is 0 Å². The maximum atomic E-state index is 13.4. The molecular formula is C14H18F2N6O. The Bertz CT molecular complexity index is 622. The van der Waals surface area contributed by atoms with Crippen molar-refractivity contribution in [3.8, 4) is 6.07 Å². The minimum absolute atomic E-state index is 0.00252. The fourth-order valence-corrected chi connectivity index (χ4v) is 2.91. The Morgan fingerprint density at radius 3 is 2.57 bits per heavy atom. The molecule has 3 rings (SSSR count). The molecule has 1 fully saturated rings. The fourth-order valence-electron chi connectivity index (χ4n) is 2.91. The summed E-state index contributed by atoms with van der Waals surface area (Å²) in [6.45, 7) is 2.02. The van der Waals surface area contributed by atoms with Gasteiger partial charge in [0, 0.05) is 45.6 Å². The van der Waals surface area contributed by atoms with E-state index in [1.165, 1.54) is 0 Å². The van der Waals surface area contributed by atoms with Crippen molar-refractivity contribution in [3.63, 3.8) is 0 Å². The molecule has 2 N–H and O–H groups in total. The van der Waals surface area contributed by atoms with E-state index < -0.39 is 5.92 Å². The zero-order valence-corrected chi connectivity index (χ0v) is 12.6. The maximum absolute atomic E-state index is 13.4.